The zero-order valence-electron chi connectivity index (χ0n) is 10.3. The van der Waals surface area contributed by atoms with E-state index in [2.05, 4.69) is 25.3 Å². The molecule has 102 valence electrons. The van der Waals surface area contributed by atoms with Crippen molar-refractivity contribution in [2.75, 3.05) is 0 Å². The van der Waals surface area contributed by atoms with Crippen LogP contribution in [0.15, 0.2) is 38.6 Å². The van der Waals surface area contributed by atoms with Gasteiger partial charge in [-0.1, -0.05) is 23.0 Å². The Morgan fingerprint density at radius 3 is 2.90 bits per heavy atom. The molecule has 20 heavy (non-hydrogen) atoms. The number of rotatable bonds is 5. The molecule has 8 nitrogen and oxygen atoms in total. The largest absolute Gasteiger partial charge is 0.415 e. The molecular formula is C11H10N6O2S. The third-order valence-electron chi connectivity index (χ3n) is 2.30. The molecule has 0 aliphatic heterocycles. The fourth-order valence-corrected chi connectivity index (χ4v) is 2.03. The Bertz CT molecular complexity index is 683. The van der Waals surface area contributed by atoms with E-state index in [1.165, 1.54) is 11.8 Å². The fraction of sp³-hybridized carbons (Fsp3) is 0.182. The molecule has 3 heterocycles. The van der Waals surface area contributed by atoms with E-state index in [0.29, 0.717) is 34.3 Å². The van der Waals surface area contributed by atoms with E-state index in [9.17, 15) is 0 Å². The van der Waals surface area contributed by atoms with Crippen molar-refractivity contribution in [2.24, 2.45) is 5.73 Å². The third-order valence-corrected chi connectivity index (χ3v) is 3.11. The number of hydrogen-bond acceptors (Lipinski definition) is 9. The first-order chi connectivity index (χ1) is 9.85. The van der Waals surface area contributed by atoms with Crippen molar-refractivity contribution in [1.29, 1.82) is 0 Å². The molecular weight excluding hydrogens is 280 g/mol. The van der Waals surface area contributed by atoms with Gasteiger partial charge < -0.3 is 14.7 Å². The molecule has 0 bridgehead atoms. The van der Waals surface area contributed by atoms with Gasteiger partial charge in [0.05, 0.1) is 12.3 Å². The molecule has 0 amide bonds. The van der Waals surface area contributed by atoms with Crippen LogP contribution >= 0.6 is 11.8 Å². The molecule has 0 radical (unpaired) electrons. The molecule has 0 fully saturated rings. The van der Waals surface area contributed by atoms with Crippen LogP contribution in [0.1, 0.15) is 11.8 Å². The summed E-state index contributed by atoms with van der Waals surface area (Å²) in [5, 5.41) is 11.9. The van der Waals surface area contributed by atoms with Crippen molar-refractivity contribution in [1.82, 2.24) is 25.3 Å². The molecule has 0 aromatic carbocycles. The van der Waals surface area contributed by atoms with Gasteiger partial charge in [0.2, 0.25) is 17.6 Å². The van der Waals surface area contributed by atoms with E-state index in [0.717, 1.165) is 0 Å². The van der Waals surface area contributed by atoms with Gasteiger partial charge in [0.25, 0.3) is 5.22 Å². The SMILES string of the molecule is NCc1nnc(SCc2nc(-c3ccccn3)no2)o1. The number of thioether (sulfide) groups is 1. The molecule has 0 saturated heterocycles. The quantitative estimate of drug-likeness (QED) is 0.693. The summed E-state index contributed by atoms with van der Waals surface area (Å²) in [7, 11) is 0. The standard InChI is InChI=1S/C11H10N6O2S/c12-5-8-15-16-11(18-8)20-6-9-14-10(17-19-9)7-3-1-2-4-13-7/h1-4H,5-6,12H2. The van der Waals surface area contributed by atoms with E-state index in [-0.39, 0.29) is 6.54 Å². The first-order valence-electron chi connectivity index (χ1n) is 5.74. The maximum absolute atomic E-state index is 5.38. The van der Waals surface area contributed by atoms with Crippen LogP contribution in [0, 0.1) is 0 Å². The minimum absolute atomic E-state index is 0.220. The average molecular weight is 290 g/mol. The first-order valence-corrected chi connectivity index (χ1v) is 6.73. The van der Waals surface area contributed by atoms with E-state index >= 15 is 0 Å². The third kappa shape index (κ3) is 2.83. The van der Waals surface area contributed by atoms with Gasteiger partial charge in [-0.25, -0.2) is 0 Å². The van der Waals surface area contributed by atoms with Crippen LogP contribution in [0.4, 0.5) is 0 Å². The minimum atomic E-state index is 0.220. The van der Waals surface area contributed by atoms with E-state index in [4.69, 9.17) is 14.7 Å². The van der Waals surface area contributed by atoms with E-state index in [1.807, 2.05) is 18.2 Å². The van der Waals surface area contributed by atoms with Gasteiger partial charge in [-0.15, -0.1) is 10.2 Å². The summed E-state index contributed by atoms with van der Waals surface area (Å²) < 4.78 is 10.4. The predicted octanol–water partition coefficient (Wildman–Crippen LogP) is 1.27. The van der Waals surface area contributed by atoms with Gasteiger partial charge in [-0.2, -0.15) is 4.98 Å². The average Bonchev–Trinajstić information content (AvgIpc) is 3.15. The van der Waals surface area contributed by atoms with Crippen molar-refractivity contribution < 1.29 is 8.94 Å². The highest BCUT2D eigenvalue weighted by Crippen LogP contribution is 2.21. The number of hydrogen-bond donors (Lipinski definition) is 1. The van der Waals surface area contributed by atoms with Crippen LogP contribution in [-0.2, 0) is 12.3 Å². The second-order valence-corrected chi connectivity index (χ2v) is 4.61. The van der Waals surface area contributed by atoms with Crippen molar-refractivity contribution in [3.63, 3.8) is 0 Å². The maximum Gasteiger partial charge on any atom is 0.277 e. The fourth-order valence-electron chi connectivity index (χ4n) is 1.42. The Morgan fingerprint density at radius 2 is 2.15 bits per heavy atom. The van der Waals surface area contributed by atoms with Gasteiger partial charge in [0, 0.05) is 6.20 Å². The highest BCUT2D eigenvalue weighted by Gasteiger charge is 2.12. The predicted molar refractivity (Wildman–Crippen MR) is 69.3 cm³/mol. The zero-order valence-corrected chi connectivity index (χ0v) is 11.1. The summed E-state index contributed by atoms with van der Waals surface area (Å²) in [5.74, 6) is 1.75. The molecule has 0 atom stereocenters. The normalized spacial score (nSPS) is 10.8. The Hall–Kier alpha value is -2.26. The van der Waals surface area contributed by atoms with Gasteiger partial charge in [0.15, 0.2) is 0 Å². The van der Waals surface area contributed by atoms with Gasteiger partial charge >= 0.3 is 0 Å². The van der Waals surface area contributed by atoms with Crippen molar-refractivity contribution in [3.8, 4) is 11.5 Å². The van der Waals surface area contributed by atoms with Crippen LogP contribution in [0.2, 0.25) is 0 Å². The Balaban J connectivity index is 1.65. The van der Waals surface area contributed by atoms with Crippen LogP contribution in [-0.4, -0.2) is 25.3 Å². The number of nitrogens with two attached hydrogens (primary N) is 1. The van der Waals surface area contributed by atoms with Crippen molar-refractivity contribution >= 4 is 11.8 Å². The number of aromatic nitrogens is 5. The lowest BCUT2D eigenvalue weighted by Crippen LogP contribution is -1.95. The van der Waals surface area contributed by atoms with Crippen molar-refractivity contribution in [3.05, 3.63) is 36.2 Å². The lowest BCUT2D eigenvalue weighted by Gasteiger charge is -1.90. The topological polar surface area (TPSA) is 117 Å². The van der Waals surface area contributed by atoms with Crippen LogP contribution < -0.4 is 5.73 Å². The summed E-state index contributed by atoms with van der Waals surface area (Å²) in [4.78, 5) is 8.40. The number of nitrogens with zero attached hydrogens (tertiary/aromatic N) is 5. The monoisotopic (exact) mass is 290 g/mol. The Kier molecular flexibility index (Phi) is 3.70. The van der Waals surface area contributed by atoms with Gasteiger partial charge in [0.1, 0.15) is 5.69 Å². The highest BCUT2D eigenvalue weighted by atomic mass is 32.2. The molecule has 0 unspecified atom stereocenters. The van der Waals surface area contributed by atoms with Gasteiger partial charge in [-0.05, 0) is 12.1 Å². The minimum Gasteiger partial charge on any atom is -0.415 e. The summed E-state index contributed by atoms with van der Waals surface area (Å²) in [6.45, 7) is 0.220. The lowest BCUT2D eigenvalue weighted by atomic mass is 10.3. The number of pyridine rings is 1. The summed E-state index contributed by atoms with van der Waals surface area (Å²) in [6.07, 6.45) is 1.67. The Labute approximate surface area is 117 Å². The molecule has 3 aromatic heterocycles. The molecule has 0 spiro atoms. The van der Waals surface area contributed by atoms with Crippen LogP contribution in [0.5, 0.6) is 0 Å². The lowest BCUT2D eigenvalue weighted by molar-refractivity contribution is 0.389. The molecule has 0 saturated carbocycles. The smallest absolute Gasteiger partial charge is 0.277 e. The highest BCUT2D eigenvalue weighted by molar-refractivity contribution is 7.98. The second kappa shape index (κ2) is 5.80. The Morgan fingerprint density at radius 1 is 1.20 bits per heavy atom. The molecule has 9 heteroatoms. The zero-order chi connectivity index (χ0) is 13.8. The molecule has 0 aliphatic rings. The molecule has 3 aromatic rings. The van der Waals surface area contributed by atoms with Crippen LogP contribution in [0.3, 0.4) is 0 Å². The molecule has 2 N–H and O–H groups in total. The summed E-state index contributed by atoms with van der Waals surface area (Å²) in [6, 6.07) is 5.50. The van der Waals surface area contributed by atoms with Crippen molar-refractivity contribution in [2.45, 2.75) is 17.5 Å². The van der Waals surface area contributed by atoms with E-state index < -0.39 is 0 Å². The maximum atomic E-state index is 5.38. The van der Waals surface area contributed by atoms with Gasteiger partial charge in [-0.3, -0.25) is 4.98 Å². The molecule has 3 rings (SSSR count). The first kappa shape index (κ1) is 12.8. The summed E-state index contributed by atoms with van der Waals surface area (Å²) >= 11 is 1.31. The van der Waals surface area contributed by atoms with Crippen LogP contribution in [0.25, 0.3) is 11.5 Å². The van der Waals surface area contributed by atoms with E-state index in [1.54, 1.807) is 6.20 Å². The second-order valence-electron chi connectivity index (χ2n) is 3.68. The summed E-state index contributed by atoms with van der Waals surface area (Å²) in [5.41, 5.74) is 6.05. The molecule has 0 aliphatic carbocycles.